The van der Waals surface area contributed by atoms with Crippen LogP contribution >= 0.6 is 0 Å². The third-order valence-electron chi connectivity index (χ3n) is 4.33. The van der Waals surface area contributed by atoms with Gasteiger partial charge in [-0.1, -0.05) is 0 Å². The molecule has 8 heteroatoms. The van der Waals surface area contributed by atoms with Crippen molar-refractivity contribution in [2.75, 3.05) is 27.4 Å². The van der Waals surface area contributed by atoms with Gasteiger partial charge in [-0.2, -0.15) is 0 Å². The van der Waals surface area contributed by atoms with E-state index in [1.165, 1.54) is 0 Å². The van der Waals surface area contributed by atoms with Gasteiger partial charge >= 0.3 is 11.9 Å². The SMILES string of the molecule is COCC(C)Oc1ccc(C(=O)O)c(C)c1.COCC(C)Oc1ccc(C(=O)O)c(C)c1. The topological polar surface area (TPSA) is 112 Å². The highest BCUT2D eigenvalue weighted by Crippen LogP contribution is 2.19. The van der Waals surface area contributed by atoms with Gasteiger partial charge in [0.15, 0.2) is 0 Å². The minimum absolute atomic E-state index is 0.0555. The third kappa shape index (κ3) is 8.95. The Morgan fingerprint density at radius 2 is 1.09 bits per heavy atom. The zero-order valence-electron chi connectivity index (χ0n) is 19.4. The van der Waals surface area contributed by atoms with Crippen LogP contribution in [0, 0.1) is 13.8 Å². The van der Waals surface area contributed by atoms with E-state index in [2.05, 4.69) is 0 Å². The summed E-state index contributed by atoms with van der Waals surface area (Å²) >= 11 is 0. The molecule has 0 bridgehead atoms. The second-order valence-corrected chi connectivity index (χ2v) is 7.33. The first-order chi connectivity index (χ1) is 15.1. The van der Waals surface area contributed by atoms with E-state index in [1.807, 2.05) is 13.8 Å². The van der Waals surface area contributed by atoms with E-state index in [1.54, 1.807) is 64.5 Å². The molecule has 0 fully saturated rings. The zero-order chi connectivity index (χ0) is 24.3. The molecule has 0 aliphatic rings. The number of hydrogen-bond donors (Lipinski definition) is 2. The van der Waals surface area contributed by atoms with Crippen LogP contribution in [0.2, 0.25) is 0 Å². The number of methoxy groups -OCH3 is 2. The fourth-order valence-corrected chi connectivity index (χ4v) is 2.90. The summed E-state index contributed by atoms with van der Waals surface area (Å²) in [5.74, 6) is -0.526. The summed E-state index contributed by atoms with van der Waals surface area (Å²) in [6, 6.07) is 9.84. The van der Waals surface area contributed by atoms with Crippen LogP contribution in [0.5, 0.6) is 11.5 Å². The Labute approximate surface area is 188 Å². The monoisotopic (exact) mass is 448 g/mol. The largest absolute Gasteiger partial charge is 0.488 e. The number of ether oxygens (including phenoxy) is 4. The molecular formula is C24H32O8. The second-order valence-electron chi connectivity index (χ2n) is 7.33. The number of carbonyl (C=O) groups is 2. The highest BCUT2D eigenvalue weighted by atomic mass is 16.5. The van der Waals surface area contributed by atoms with Crippen molar-refractivity contribution in [3.8, 4) is 11.5 Å². The summed E-state index contributed by atoms with van der Waals surface area (Å²) in [6.45, 7) is 8.28. The van der Waals surface area contributed by atoms with Crippen LogP contribution in [0.3, 0.4) is 0 Å². The first kappa shape index (κ1) is 26.9. The van der Waals surface area contributed by atoms with Crippen molar-refractivity contribution in [3.05, 3.63) is 58.7 Å². The predicted octanol–water partition coefficient (Wildman–Crippen LogP) is 4.21. The van der Waals surface area contributed by atoms with Crippen molar-refractivity contribution in [3.63, 3.8) is 0 Å². The quantitative estimate of drug-likeness (QED) is 0.556. The lowest BCUT2D eigenvalue weighted by Crippen LogP contribution is -2.18. The fourth-order valence-electron chi connectivity index (χ4n) is 2.90. The number of carboxylic acid groups (broad SMARTS) is 2. The van der Waals surface area contributed by atoms with Gasteiger partial charge in [0.25, 0.3) is 0 Å². The van der Waals surface area contributed by atoms with Crippen molar-refractivity contribution in [2.45, 2.75) is 39.9 Å². The highest BCUT2D eigenvalue weighted by Gasteiger charge is 2.10. The summed E-state index contributed by atoms with van der Waals surface area (Å²) in [4.78, 5) is 21.6. The van der Waals surface area contributed by atoms with Crippen LogP contribution in [0.4, 0.5) is 0 Å². The van der Waals surface area contributed by atoms with Crippen molar-refractivity contribution < 1.29 is 38.7 Å². The Kier molecular flexibility index (Phi) is 11.2. The summed E-state index contributed by atoms with van der Waals surface area (Å²) in [7, 11) is 3.22. The molecule has 0 aliphatic heterocycles. The van der Waals surface area contributed by atoms with Crippen molar-refractivity contribution in [2.24, 2.45) is 0 Å². The minimum atomic E-state index is -0.922. The Bertz CT molecular complexity index is 820. The normalized spacial score (nSPS) is 12.2. The van der Waals surface area contributed by atoms with E-state index in [-0.39, 0.29) is 12.2 Å². The average molecular weight is 449 g/mol. The summed E-state index contributed by atoms with van der Waals surface area (Å²) in [5.41, 5.74) is 1.97. The molecule has 0 amide bonds. The molecule has 8 nitrogen and oxygen atoms in total. The maximum Gasteiger partial charge on any atom is 0.335 e. The molecule has 0 aromatic heterocycles. The van der Waals surface area contributed by atoms with Gasteiger partial charge in [0.1, 0.15) is 23.7 Å². The maximum absolute atomic E-state index is 10.8. The van der Waals surface area contributed by atoms with Crippen LogP contribution in [0.25, 0.3) is 0 Å². The molecular weight excluding hydrogens is 416 g/mol. The van der Waals surface area contributed by atoms with Crippen LogP contribution in [0.15, 0.2) is 36.4 Å². The molecule has 176 valence electrons. The van der Waals surface area contributed by atoms with E-state index in [0.29, 0.717) is 47.0 Å². The smallest absolute Gasteiger partial charge is 0.335 e. The predicted molar refractivity (Wildman–Crippen MR) is 120 cm³/mol. The first-order valence-corrected chi connectivity index (χ1v) is 10.1. The number of carboxylic acids is 2. The van der Waals surface area contributed by atoms with Gasteiger partial charge in [-0.25, -0.2) is 9.59 Å². The highest BCUT2D eigenvalue weighted by molar-refractivity contribution is 5.90. The van der Waals surface area contributed by atoms with Gasteiger partial charge < -0.3 is 29.2 Å². The van der Waals surface area contributed by atoms with Crippen LogP contribution in [-0.2, 0) is 9.47 Å². The maximum atomic E-state index is 10.8. The molecule has 0 heterocycles. The molecule has 0 aliphatic carbocycles. The lowest BCUT2D eigenvalue weighted by Gasteiger charge is -2.14. The zero-order valence-corrected chi connectivity index (χ0v) is 19.4. The minimum Gasteiger partial charge on any atom is -0.488 e. The Morgan fingerprint density at radius 3 is 1.34 bits per heavy atom. The average Bonchev–Trinajstić information content (AvgIpc) is 2.68. The van der Waals surface area contributed by atoms with Gasteiger partial charge in [0.2, 0.25) is 0 Å². The molecule has 2 atom stereocenters. The summed E-state index contributed by atoms with van der Waals surface area (Å²) in [6.07, 6.45) is -0.111. The molecule has 2 unspecified atom stereocenters. The third-order valence-corrected chi connectivity index (χ3v) is 4.33. The standard InChI is InChI=1S/2C12H16O4/c2*1-8-6-10(16-9(2)7-15-3)4-5-11(8)12(13)14/h2*4-6,9H,7H2,1-3H3,(H,13,14). The summed E-state index contributed by atoms with van der Waals surface area (Å²) < 4.78 is 21.0. The van der Waals surface area contributed by atoms with Crippen molar-refractivity contribution in [1.29, 1.82) is 0 Å². The number of aromatic carboxylic acids is 2. The molecule has 0 radical (unpaired) electrons. The number of hydrogen-bond acceptors (Lipinski definition) is 6. The summed E-state index contributed by atoms with van der Waals surface area (Å²) in [5, 5.41) is 17.7. The lowest BCUT2D eigenvalue weighted by molar-refractivity contribution is 0.0684. The molecule has 2 rings (SSSR count). The van der Waals surface area contributed by atoms with Gasteiger partial charge in [-0.3, -0.25) is 0 Å². The van der Waals surface area contributed by atoms with E-state index in [0.717, 1.165) is 0 Å². The fraction of sp³-hybridized carbons (Fsp3) is 0.417. The van der Waals surface area contributed by atoms with E-state index in [9.17, 15) is 9.59 Å². The molecule has 0 saturated carbocycles. The van der Waals surface area contributed by atoms with Crippen molar-refractivity contribution >= 4 is 11.9 Å². The van der Waals surface area contributed by atoms with Gasteiger partial charge in [-0.15, -0.1) is 0 Å². The van der Waals surface area contributed by atoms with E-state index >= 15 is 0 Å². The Balaban J connectivity index is 0.000000320. The molecule has 2 aromatic carbocycles. The molecule has 2 N–H and O–H groups in total. The Hall–Kier alpha value is -3.10. The van der Waals surface area contributed by atoms with Gasteiger partial charge in [0, 0.05) is 14.2 Å². The number of aryl methyl sites for hydroxylation is 2. The van der Waals surface area contributed by atoms with Crippen molar-refractivity contribution in [1.82, 2.24) is 0 Å². The van der Waals surface area contributed by atoms with Gasteiger partial charge in [-0.05, 0) is 75.2 Å². The molecule has 32 heavy (non-hydrogen) atoms. The molecule has 0 spiro atoms. The van der Waals surface area contributed by atoms with E-state index in [4.69, 9.17) is 29.2 Å². The molecule has 2 aromatic rings. The van der Waals surface area contributed by atoms with Gasteiger partial charge in [0.05, 0.1) is 24.3 Å². The molecule has 0 saturated heterocycles. The Morgan fingerprint density at radius 1 is 0.750 bits per heavy atom. The number of rotatable bonds is 10. The first-order valence-electron chi connectivity index (χ1n) is 10.1. The number of benzene rings is 2. The lowest BCUT2D eigenvalue weighted by atomic mass is 10.1. The second kappa shape index (κ2) is 13.3. The van der Waals surface area contributed by atoms with E-state index < -0.39 is 11.9 Å². The van der Waals surface area contributed by atoms with Crippen LogP contribution in [0.1, 0.15) is 45.7 Å². The van der Waals surface area contributed by atoms with Crippen LogP contribution < -0.4 is 9.47 Å². The van der Waals surface area contributed by atoms with Crippen LogP contribution in [-0.4, -0.2) is 61.8 Å².